The fourth-order valence-electron chi connectivity index (χ4n) is 4.57. The van der Waals surface area contributed by atoms with Gasteiger partial charge >= 0.3 is 0 Å². The number of thiazole rings is 1. The molecule has 1 fully saturated rings. The van der Waals surface area contributed by atoms with E-state index in [9.17, 15) is 13.2 Å². The van der Waals surface area contributed by atoms with E-state index in [2.05, 4.69) is 4.90 Å². The van der Waals surface area contributed by atoms with Gasteiger partial charge in [0.1, 0.15) is 11.5 Å². The van der Waals surface area contributed by atoms with Crippen molar-refractivity contribution in [3.8, 4) is 11.5 Å². The number of piperidine rings is 1. The number of fused-ring (bicyclic) bond motifs is 1. The van der Waals surface area contributed by atoms with Crippen LogP contribution in [0, 0.1) is 5.92 Å². The van der Waals surface area contributed by atoms with Crippen LogP contribution >= 0.6 is 11.3 Å². The van der Waals surface area contributed by atoms with E-state index in [0.29, 0.717) is 50.0 Å². The minimum Gasteiger partial charge on any atom is -0.497 e. The van der Waals surface area contributed by atoms with E-state index in [4.69, 9.17) is 14.5 Å². The first-order chi connectivity index (χ1) is 18.2. The molecule has 1 saturated heterocycles. The second kappa shape index (κ2) is 12.4. The van der Waals surface area contributed by atoms with Crippen molar-refractivity contribution in [1.29, 1.82) is 0 Å². The minimum absolute atomic E-state index is 0.00865. The molecule has 4 rings (SSSR count). The summed E-state index contributed by atoms with van der Waals surface area (Å²) in [5.41, 5.74) is 0.833. The van der Waals surface area contributed by atoms with Gasteiger partial charge in [0.2, 0.25) is 15.9 Å². The molecule has 11 heteroatoms. The third kappa shape index (κ3) is 6.45. The molecule has 1 aliphatic heterocycles. The van der Waals surface area contributed by atoms with Crippen LogP contribution in [0.15, 0.2) is 47.4 Å². The number of carbonyl (C=O) groups excluding carboxylic acids is 1. The number of methoxy groups -OCH3 is 1. The summed E-state index contributed by atoms with van der Waals surface area (Å²) < 4.78 is 39.5. The predicted molar refractivity (Wildman–Crippen MR) is 151 cm³/mol. The van der Waals surface area contributed by atoms with E-state index in [-0.39, 0.29) is 16.7 Å². The Bertz CT molecular complexity index is 1330. The van der Waals surface area contributed by atoms with Crippen LogP contribution < -0.4 is 14.4 Å². The molecule has 0 unspecified atom stereocenters. The zero-order valence-electron chi connectivity index (χ0n) is 22.4. The lowest BCUT2D eigenvalue weighted by Gasteiger charge is -2.33. The van der Waals surface area contributed by atoms with Gasteiger partial charge in [-0.25, -0.2) is 13.4 Å². The average Bonchev–Trinajstić information content (AvgIpc) is 3.34. The van der Waals surface area contributed by atoms with Gasteiger partial charge in [-0.3, -0.25) is 9.69 Å². The van der Waals surface area contributed by atoms with Crippen LogP contribution in [-0.2, 0) is 14.8 Å². The molecule has 1 aliphatic rings. The van der Waals surface area contributed by atoms with Crippen molar-refractivity contribution < 1.29 is 22.7 Å². The smallest absolute Gasteiger partial charge is 0.243 e. The number of amides is 1. The summed E-state index contributed by atoms with van der Waals surface area (Å²) in [6, 6.07) is 12.2. The SMILES string of the molecule is CCOc1ccc2nc(N(CCCN(C)C)C(=O)C3CCN(S(=O)(=O)c4ccc(OC)cc4)CC3)sc2c1. The van der Waals surface area contributed by atoms with Gasteiger partial charge < -0.3 is 14.4 Å². The van der Waals surface area contributed by atoms with Gasteiger partial charge in [0.05, 0.1) is 28.8 Å². The fourth-order valence-corrected chi connectivity index (χ4v) is 7.07. The standard InChI is InChI=1S/C27H36N4O5S2/c1-5-36-22-9-12-24-25(19-22)37-27(28-24)31(16-6-15-29(2)3)26(32)20-13-17-30(18-14-20)38(33,34)23-10-7-21(35-4)8-11-23/h7-12,19-20H,5-6,13-18H2,1-4H3. The number of nitrogens with zero attached hydrogens (tertiary/aromatic N) is 4. The highest BCUT2D eigenvalue weighted by Gasteiger charge is 2.35. The molecule has 0 N–H and O–H groups in total. The van der Waals surface area contributed by atoms with Crippen LogP contribution in [0.5, 0.6) is 11.5 Å². The monoisotopic (exact) mass is 560 g/mol. The van der Waals surface area contributed by atoms with E-state index < -0.39 is 10.0 Å². The first-order valence-corrected chi connectivity index (χ1v) is 15.1. The topological polar surface area (TPSA) is 92.3 Å². The molecule has 0 bridgehead atoms. The molecular weight excluding hydrogens is 524 g/mol. The zero-order chi connectivity index (χ0) is 27.3. The van der Waals surface area contributed by atoms with Gasteiger partial charge in [-0.15, -0.1) is 0 Å². The highest BCUT2D eigenvalue weighted by molar-refractivity contribution is 7.89. The van der Waals surface area contributed by atoms with E-state index >= 15 is 0 Å². The van der Waals surface area contributed by atoms with Gasteiger partial charge in [-0.05, 0) is 89.3 Å². The highest BCUT2D eigenvalue weighted by Crippen LogP contribution is 2.34. The van der Waals surface area contributed by atoms with Crippen molar-refractivity contribution in [2.24, 2.45) is 5.92 Å². The lowest BCUT2D eigenvalue weighted by atomic mass is 9.96. The van der Waals surface area contributed by atoms with Gasteiger partial charge in [0, 0.05) is 25.6 Å². The lowest BCUT2D eigenvalue weighted by molar-refractivity contribution is -0.123. The van der Waals surface area contributed by atoms with Crippen LogP contribution in [0.25, 0.3) is 10.2 Å². The molecule has 2 heterocycles. The Hall–Kier alpha value is -2.73. The maximum Gasteiger partial charge on any atom is 0.243 e. The Labute approximate surface area is 229 Å². The molecule has 0 aliphatic carbocycles. The summed E-state index contributed by atoms with van der Waals surface area (Å²) in [4.78, 5) is 22.7. The van der Waals surface area contributed by atoms with Gasteiger partial charge in [0.25, 0.3) is 0 Å². The molecule has 206 valence electrons. The molecule has 0 radical (unpaired) electrons. The van der Waals surface area contributed by atoms with Crippen LogP contribution in [-0.4, -0.2) is 82.5 Å². The number of rotatable bonds is 11. The zero-order valence-corrected chi connectivity index (χ0v) is 24.1. The van der Waals surface area contributed by atoms with Crippen molar-refractivity contribution in [3.05, 3.63) is 42.5 Å². The number of hydrogen-bond donors (Lipinski definition) is 0. The van der Waals surface area contributed by atoms with Crippen LogP contribution in [0.3, 0.4) is 0 Å². The third-order valence-electron chi connectivity index (χ3n) is 6.64. The van der Waals surface area contributed by atoms with E-state index in [1.54, 1.807) is 36.3 Å². The van der Waals surface area contributed by atoms with Crippen molar-refractivity contribution in [1.82, 2.24) is 14.2 Å². The predicted octanol–water partition coefficient (Wildman–Crippen LogP) is 4.09. The van der Waals surface area contributed by atoms with Crippen LogP contribution in [0.4, 0.5) is 5.13 Å². The van der Waals surface area contributed by atoms with Crippen LogP contribution in [0.1, 0.15) is 26.2 Å². The maximum atomic E-state index is 13.8. The van der Waals surface area contributed by atoms with Crippen molar-refractivity contribution in [3.63, 3.8) is 0 Å². The molecule has 0 spiro atoms. The molecule has 9 nitrogen and oxygen atoms in total. The summed E-state index contributed by atoms with van der Waals surface area (Å²) in [6.07, 6.45) is 1.75. The Morgan fingerprint density at radius 3 is 2.39 bits per heavy atom. The summed E-state index contributed by atoms with van der Waals surface area (Å²) in [7, 11) is 1.93. The number of hydrogen-bond acceptors (Lipinski definition) is 8. The fraction of sp³-hybridized carbons (Fsp3) is 0.481. The first kappa shape index (κ1) is 28.3. The molecule has 3 aromatic rings. The summed E-state index contributed by atoms with van der Waals surface area (Å²) in [6.45, 7) is 4.53. The summed E-state index contributed by atoms with van der Waals surface area (Å²) in [5.74, 6) is 1.13. The Morgan fingerprint density at radius 1 is 1.08 bits per heavy atom. The number of aromatic nitrogens is 1. The van der Waals surface area contributed by atoms with Gasteiger partial charge in [0.15, 0.2) is 5.13 Å². The maximum absolute atomic E-state index is 13.8. The van der Waals surface area contributed by atoms with Crippen LogP contribution in [0.2, 0.25) is 0 Å². The van der Waals surface area contributed by atoms with Crippen molar-refractivity contribution in [2.75, 3.05) is 58.9 Å². The van der Waals surface area contributed by atoms with Crippen molar-refractivity contribution >= 4 is 42.6 Å². The molecule has 38 heavy (non-hydrogen) atoms. The quantitative estimate of drug-likeness (QED) is 0.349. The molecule has 0 atom stereocenters. The molecule has 1 amide bonds. The second-order valence-electron chi connectivity index (χ2n) is 9.56. The van der Waals surface area contributed by atoms with Gasteiger partial charge in [-0.1, -0.05) is 11.3 Å². The minimum atomic E-state index is -3.63. The number of benzene rings is 2. The van der Waals surface area contributed by atoms with Crippen molar-refractivity contribution in [2.45, 2.75) is 31.1 Å². The molecule has 0 saturated carbocycles. The Kier molecular flexibility index (Phi) is 9.24. The average molecular weight is 561 g/mol. The number of ether oxygens (including phenoxy) is 2. The Morgan fingerprint density at radius 2 is 1.76 bits per heavy atom. The number of sulfonamides is 1. The second-order valence-corrected chi connectivity index (χ2v) is 12.5. The normalized spacial score (nSPS) is 15.2. The molecular formula is C27H36N4O5S2. The van der Waals surface area contributed by atoms with Gasteiger partial charge in [-0.2, -0.15) is 4.31 Å². The van der Waals surface area contributed by atoms with E-state index in [1.807, 2.05) is 39.2 Å². The van der Waals surface area contributed by atoms with E-state index in [0.717, 1.165) is 28.9 Å². The lowest BCUT2D eigenvalue weighted by Crippen LogP contribution is -2.45. The Balaban J connectivity index is 1.49. The highest BCUT2D eigenvalue weighted by atomic mass is 32.2. The third-order valence-corrected chi connectivity index (χ3v) is 9.60. The molecule has 2 aromatic carbocycles. The number of carbonyl (C=O) groups is 1. The number of anilines is 1. The van der Waals surface area contributed by atoms with E-state index in [1.165, 1.54) is 15.6 Å². The summed E-state index contributed by atoms with van der Waals surface area (Å²) >= 11 is 1.49. The first-order valence-electron chi connectivity index (χ1n) is 12.9. The molecule has 1 aromatic heterocycles. The largest absolute Gasteiger partial charge is 0.497 e. The summed E-state index contributed by atoms with van der Waals surface area (Å²) in [5, 5.41) is 0.672.